The van der Waals surface area contributed by atoms with E-state index in [2.05, 4.69) is 181 Å². The Balaban J connectivity index is 1.05. The second-order valence-electron chi connectivity index (χ2n) is 13.5. The van der Waals surface area contributed by atoms with E-state index in [1.54, 1.807) is 0 Å². The van der Waals surface area contributed by atoms with Crippen molar-refractivity contribution in [3.8, 4) is 44.8 Å². The predicted molar refractivity (Wildman–Crippen MR) is 216 cm³/mol. The van der Waals surface area contributed by atoms with Crippen molar-refractivity contribution in [1.82, 2.24) is 15.3 Å². The van der Waals surface area contributed by atoms with Gasteiger partial charge >= 0.3 is 0 Å². The number of allylic oxidation sites excluding steroid dienone is 2. The van der Waals surface area contributed by atoms with Crippen molar-refractivity contribution in [3.05, 3.63) is 204 Å². The van der Waals surface area contributed by atoms with Crippen molar-refractivity contribution in [2.45, 2.75) is 6.04 Å². The average Bonchev–Trinajstić information content (AvgIpc) is 3.23. The van der Waals surface area contributed by atoms with Crippen LogP contribution < -0.4 is 5.32 Å². The molecule has 0 saturated heterocycles. The van der Waals surface area contributed by atoms with E-state index in [4.69, 9.17) is 9.97 Å². The fourth-order valence-electron chi connectivity index (χ4n) is 7.64. The van der Waals surface area contributed by atoms with Gasteiger partial charge in [-0.05, 0) is 86.1 Å². The molecule has 1 N–H and O–H groups in total. The number of nitrogens with one attached hydrogen (secondary N) is 1. The van der Waals surface area contributed by atoms with E-state index in [-0.39, 0.29) is 6.04 Å². The molecule has 0 spiro atoms. The third-order valence-corrected chi connectivity index (χ3v) is 10.3. The largest absolute Gasteiger partial charge is 0.372 e. The minimum Gasteiger partial charge on any atom is -0.372 e. The maximum atomic E-state index is 5.20. The Labute approximate surface area is 303 Å². The maximum absolute atomic E-state index is 5.20. The number of dihydropyridines is 1. The van der Waals surface area contributed by atoms with Crippen molar-refractivity contribution in [2.75, 3.05) is 0 Å². The molecule has 1 atom stereocenters. The Morgan fingerprint density at radius 2 is 1.13 bits per heavy atom. The van der Waals surface area contributed by atoms with Crippen LogP contribution in [0.5, 0.6) is 0 Å². The summed E-state index contributed by atoms with van der Waals surface area (Å²) in [6, 6.07) is 58.1. The first-order valence-corrected chi connectivity index (χ1v) is 17.8. The van der Waals surface area contributed by atoms with Gasteiger partial charge in [-0.2, -0.15) is 0 Å². The van der Waals surface area contributed by atoms with E-state index >= 15 is 0 Å². The van der Waals surface area contributed by atoms with Crippen LogP contribution in [0.1, 0.15) is 22.9 Å². The molecule has 0 saturated carbocycles. The van der Waals surface area contributed by atoms with Gasteiger partial charge in [0.2, 0.25) is 0 Å². The monoisotopic (exact) mass is 663 g/mol. The highest BCUT2D eigenvalue weighted by molar-refractivity contribution is 6.14. The Morgan fingerprint density at radius 3 is 1.92 bits per heavy atom. The summed E-state index contributed by atoms with van der Waals surface area (Å²) in [6.45, 7) is 0. The van der Waals surface area contributed by atoms with E-state index < -0.39 is 0 Å². The van der Waals surface area contributed by atoms with Gasteiger partial charge in [0, 0.05) is 22.2 Å². The third-order valence-electron chi connectivity index (χ3n) is 10.3. The Morgan fingerprint density at radius 1 is 0.462 bits per heavy atom. The van der Waals surface area contributed by atoms with Crippen LogP contribution in [0.2, 0.25) is 0 Å². The molecule has 0 amide bonds. The lowest BCUT2D eigenvalue weighted by Crippen LogP contribution is -2.27. The number of hydrogen-bond donors (Lipinski definition) is 1. The first-order chi connectivity index (χ1) is 25.7. The zero-order chi connectivity index (χ0) is 34.4. The quantitative estimate of drug-likeness (QED) is 0.186. The number of benzene rings is 6. The van der Waals surface area contributed by atoms with Gasteiger partial charge in [0.15, 0.2) is 0 Å². The summed E-state index contributed by atoms with van der Waals surface area (Å²) in [6.07, 6.45) is 8.79. The smallest absolute Gasteiger partial charge is 0.0946 e. The molecular weight excluding hydrogens is 631 g/mol. The van der Waals surface area contributed by atoms with Gasteiger partial charge in [-0.1, -0.05) is 152 Å². The fraction of sp³-hybridized carbons (Fsp3) is 0.0204. The van der Waals surface area contributed by atoms with E-state index in [1.807, 2.05) is 12.1 Å². The number of fused-ring (bicyclic) bond motifs is 6. The van der Waals surface area contributed by atoms with Crippen LogP contribution in [-0.4, -0.2) is 9.97 Å². The van der Waals surface area contributed by atoms with Crippen LogP contribution in [0.15, 0.2) is 188 Å². The molecule has 3 heteroatoms. The highest BCUT2D eigenvalue weighted by Gasteiger charge is 2.26. The second kappa shape index (κ2) is 12.5. The standard InChI is InChI=1S/C49H33N3/c1-4-11-32(12-5-1)42-31-46(35-15-8-3-9-16-35)50-45-28-23-33-19-22-39(30-41(33)47(42)45)38-17-10-18-40(29-38)44-27-25-37-21-20-36-24-26-43(34-13-6-2-7-14-34)51-48(36)49(37)52-44/h1-31,49,52H. The second-order valence-corrected chi connectivity index (χ2v) is 13.5. The summed E-state index contributed by atoms with van der Waals surface area (Å²) in [5, 5.41) is 7.41. The van der Waals surface area contributed by atoms with E-state index in [0.717, 1.165) is 56.1 Å². The molecule has 1 unspecified atom stereocenters. The minimum atomic E-state index is -0.0240. The first-order valence-electron chi connectivity index (χ1n) is 17.8. The molecule has 1 aliphatic heterocycles. The molecule has 2 aliphatic rings. The molecule has 3 heterocycles. The molecule has 0 bridgehead atoms. The lowest BCUT2D eigenvalue weighted by molar-refractivity contribution is 0.705. The van der Waals surface area contributed by atoms with E-state index in [9.17, 15) is 0 Å². The van der Waals surface area contributed by atoms with Crippen molar-refractivity contribution in [3.63, 3.8) is 0 Å². The van der Waals surface area contributed by atoms with Gasteiger partial charge in [0.05, 0.1) is 28.6 Å². The Hall–Kier alpha value is -6.84. The van der Waals surface area contributed by atoms with Crippen molar-refractivity contribution < 1.29 is 0 Å². The molecular formula is C49H33N3. The SMILES string of the molecule is C1=Cc2ccc(-c3ccccc3)nc2C2NC(c3cccc(-c4ccc5ccc6nc(-c7ccccc7)cc(-c7ccccc7)c6c5c4)c3)=CC=C12. The maximum Gasteiger partial charge on any atom is 0.0946 e. The van der Waals surface area contributed by atoms with E-state index in [1.165, 1.54) is 38.4 Å². The highest BCUT2D eigenvalue weighted by atomic mass is 15.0. The van der Waals surface area contributed by atoms with Crippen LogP contribution >= 0.6 is 0 Å². The van der Waals surface area contributed by atoms with Gasteiger partial charge in [0.25, 0.3) is 0 Å². The normalized spacial score (nSPS) is 14.7. The Kier molecular flexibility index (Phi) is 7.21. The lowest BCUT2D eigenvalue weighted by Gasteiger charge is -2.30. The van der Waals surface area contributed by atoms with Gasteiger partial charge in [-0.25, -0.2) is 9.97 Å². The number of aromatic nitrogens is 2. The zero-order valence-corrected chi connectivity index (χ0v) is 28.4. The van der Waals surface area contributed by atoms with Gasteiger partial charge in [-0.3, -0.25) is 0 Å². The van der Waals surface area contributed by atoms with E-state index in [0.29, 0.717) is 0 Å². The number of nitrogens with zero attached hydrogens (tertiary/aromatic N) is 2. The summed E-state index contributed by atoms with van der Waals surface area (Å²) < 4.78 is 0. The average molecular weight is 664 g/mol. The summed E-state index contributed by atoms with van der Waals surface area (Å²) in [4.78, 5) is 10.4. The molecule has 10 rings (SSSR count). The lowest BCUT2D eigenvalue weighted by atomic mass is 9.89. The summed E-state index contributed by atoms with van der Waals surface area (Å²) >= 11 is 0. The molecule has 2 aromatic heterocycles. The Bertz CT molecular complexity index is 2740. The van der Waals surface area contributed by atoms with Crippen LogP contribution in [-0.2, 0) is 0 Å². The molecule has 52 heavy (non-hydrogen) atoms. The van der Waals surface area contributed by atoms with Crippen LogP contribution in [0.3, 0.4) is 0 Å². The molecule has 6 aromatic carbocycles. The number of pyridine rings is 2. The molecule has 3 nitrogen and oxygen atoms in total. The van der Waals surface area contributed by atoms with Gasteiger partial charge in [-0.15, -0.1) is 0 Å². The van der Waals surface area contributed by atoms with Crippen LogP contribution in [0.25, 0.3) is 78.2 Å². The molecule has 0 fully saturated rings. The summed E-state index contributed by atoms with van der Waals surface area (Å²) in [5.74, 6) is 0. The predicted octanol–water partition coefficient (Wildman–Crippen LogP) is 12.1. The van der Waals surface area contributed by atoms with Crippen LogP contribution in [0.4, 0.5) is 0 Å². The summed E-state index contributed by atoms with van der Waals surface area (Å²) in [7, 11) is 0. The van der Waals surface area contributed by atoms with Crippen molar-refractivity contribution in [1.29, 1.82) is 0 Å². The van der Waals surface area contributed by atoms with Crippen molar-refractivity contribution in [2.24, 2.45) is 0 Å². The molecule has 244 valence electrons. The third kappa shape index (κ3) is 5.31. The van der Waals surface area contributed by atoms with Gasteiger partial charge < -0.3 is 5.32 Å². The highest BCUT2D eigenvalue weighted by Crippen LogP contribution is 2.40. The fourth-order valence-corrected chi connectivity index (χ4v) is 7.64. The molecule has 8 aromatic rings. The van der Waals surface area contributed by atoms with Crippen molar-refractivity contribution >= 4 is 33.4 Å². The topological polar surface area (TPSA) is 37.8 Å². The minimum absolute atomic E-state index is 0.0240. The summed E-state index contributed by atoms with van der Waals surface area (Å²) in [5.41, 5.74) is 15.5. The zero-order valence-electron chi connectivity index (χ0n) is 28.4. The number of hydrogen-bond acceptors (Lipinski definition) is 3. The number of rotatable bonds is 5. The van der Waals surface area contributed by atoms with Gasteiger partial charge in [0.1, 0.15) is 0 Å². The molecule has 0 radical (unpaired) electrons. The molecule has 1 aliphatic carbocycles. The van der Waals surface area contributed by atoms with Crippen LogP contribution in [0, 0.1) is 0 Å². The first kappa shape index (κ1) is 30.0.